The van der Waals surface area contributed by atoms with Crippen molar-refractivity contribution in [1.82, 2.24) is 20.4 Å². The zero-order valence-corrected chi connectivity index (χ0v) is 12.0. The first-order valence-electron chi connectivity index (χ1n) is 7.19. The van der Waals surface area contributed by atoms with Gasteiger partial charge in [-0.25, -0.2) is 9.97 Å². The highest BCUT2D eigenvalue weighted by molar-refractivity contribution is 5.63. The third-order valence-electron chi connectivity index (χ3n) is 3.97. The van der Waals surface area contributed by atoms with Gasteiger partial charge >= 0.3 is 0 Å². The molecule has 0 amide bonds. The van der Waals surface area contributed by atoms with Crippen LogP contribution in [0.3, 0.4) is 0 Å². The summed E-state index contributed by atoms with van der Waals surface area (Å²) in [7, 11) is 0. The highest BCUT2D eigenvalue weighted by atomic mass is 16.5. The molecular formula is C15H20N4O. The summed E-state index contributed by atoms with van der Waals surface area (Å²) in [5.74, 6) is 1.54. The minimum Gasteiger partial charge on any atom is -0.361 e. The third kappa shape index (κ3) is 2.72. The van der Waals surface area contributed by atoms with Gasteiger partial charge in [-0.1, -0.05) is 5.16 Å². The Kier molecular flexibility index (Phi) is 3.78. The number of hydrogen-bond acceptors (Lipinski definition) is 5. The topological polar surface area (TPSA) is 63.8 Å². The van der Waals surface area contributed by atoms with Gasteiger partial charge in [-0.15, -0.1) is 0 Å². The second-order valence-corrected chi connectivity index (χ2v) is 5.49. The lowest BCUT2D eigenvalue weighted by atomic mass is 9.93. The van der Waals surface area contributed by atoms with E-state index in [1.54, 1.807) is 6.33 Å². The molecule has 0 bridgehead atoms. The summed E-state index contributed by atoms with van der Waals surface area (Å²) < 4.78 is 5.22. The van der Waals surface area contributed by atoms with E-state index in [9.17, 15) is 0 Å². The molecule has 0 atom stereocenters. The van der Waals surface area contributed by atoms with Gasteiger partial charge in [-0.3, -0.25) is 0 Å². The van der Waals surface area contributed by atoms with Crippen molar-refractivity contribution in [2.75, 3.05) is 13.1 Å². The van der Waals surface area contributed by atoms with Crippen LogP contribution in [0.2, 0.25) is 0 Å². The Labute approximate surface area is 118 Å². The standard InChI is InChI=1S/C15H20N4O/c1-10-15(11(2)20-19-10)14-8-13(17-9-18-14)7-12-3-5-16-6-4-12/h8-9,12,16H,3-7H2,1-2H3. The molecule has 0 saturated carbocycles. The van der Waals surface area contributed by atoms with E-state index < -0.39 is 0 Å². The number of aryl methyl sites for hydroxylation is 2. The Morgan fingerprint density at radius 2 is 2.05 bits per heavy atom. The maximum absolute atomic E-state index is 5.22. The molecule has 0 unspecified atom stereocenters. The van der Waals surface area contributed by atoms with Crippen LogP contribution < -0.4 is 5.32 Å². The number of rotatable bonds is 3. The number of nitrogens with zero attached hydrogens (tertiary/aromatic N) is 3. The van der Waals surface area contributed by atoms with Gasteiger partial charge in [0.15, 0.2) is 0 Å². The number of aromatic nitrogens is 3. The van der Waals surface area contributed by atoms with Gasteiger partial charge in [0.1, 0.15) is 12.1 Å². The quantitative estimate of drug-likeness (QED) is 0.928. The molecule has 0 radical (unpaired) electrons. The molecule has 20 heavy (non-hydrogen) atoms. The highest BCUT2D eigenvalue weighted by Crippen LogP contribution is 2.26. The van der Waals surface area contributed by atoms with Gasteiger partial charge in [-0.05, 0) is 58.2 Å². The second-order valence-electron chi connectivity index (χ2n) is 5.49. The van der Waals surface area contributed by atoms with Crippen LogP contribution >= 0.6 is 0 Å². The molecule has 0 spiro atoms. The minimum absolute atomic E-state index is 0.726. The van der Waals surface area contributed by atoms with Crippen molar-refractivity contribution in [3.8, 4) is 11.3 Å². The molecule has 2 aromatic rings. The Bertz CT molecular complexity index is 568. The fraction of sp³-hybridized carbons (Fsp3) is 0.533. The zero-order valence-electron chi connectivity index (χ0n) is 12.0. The number of nitrogens with one attached hydrogen (secondary N) is 1. The normalized spacial score (nSPS) is 16.5. The second kappa shape index (κ2) is 5.71. The lowest BCUT2D eigenvalue weighted by molar-refractivity contribution is 0.370. The summed E-state index contributed by atoms with van der Waals surface area (Å²) in [5, 5.41) is 7.39. The molecule has 1 fully saturated rings. The average molecular weight is 272 g/mol. The van der Waals surface area contributed by atoms with Crippen molar-refractivity contribution < 1.29 is 4.52 Å². The summed E-state index contributed by atoms with van der Waals surface area (Å²) in [5.41, 5.74) is 3.91. The monoisotopic (exact) mass is 272 g/mol. The van der Waals surface area contributed by atoms with Crippen molar-refractivity contribution in [3.63, 3.8) is 0 Å². The van der Waals surface area contributed by atoms with E-state index in [2.05, 4.69) is 26.5 Å². The van der Waals surface area contributed by atoms with Crippen LogP contribution in [0.4, 0.5) is 0 Å². The predicted octanol–water partition coefficient (Wildman–Crippen LogP) is 2.29. The van der Waals surface area contributed by atoms with Crippen molar-refractivity contribution in [1.29, 1.82) is 0 Å². The summed E-state index contributed by atoms with van der Waals surface area (Å²) in [6, 6.07) is 2.08. The van der Waals surface area contributed by atoms with E-state index in [1.807, 2.05) is 13.8 Å². The minimum atomic E-state index is 0.726. The number of hydrogen-bond donors (Lipinski definition) is 1. The van der Waals surface area contributed by atoms with E-state index in [1.165, 1.54) is 12.8 Å². The van der Waals surface area contributed by atoms with Crippen molar-refractivity contribution in [2.24, 2.45) is 5.92 Å². The summed E-state index contributed by atoms with van der Waals surface area (Å²) in [6.07, 6.45) is 5.13. The van der Waals surface area contributed by atoms with Crippen molar-refractivity contribution in [2.45, 2.75) is 33.1 Å². The lowest BCUT2D eigenvalue weighted by Gasteiger charge is -2.22. The molecular weight excluding hydrogens is 252 g/mol. The van der Waals surface area contributed by atoms with Crippen molar-refractivity contribution >= 4 is 0 Å². The first-order valence-corrected chi connectivity index (χ1v) is 7.19. The Hall–Kier alpha value is -1.75. The van der Waals surface area contributed by atoms with Crippen LogP contribution in [0.15, 0.2) is 16.9 Å². The van der Waals surface area contributed by atoms with Gasteiger partial charge < -0.3 is 9.84 Å². The molecule has 3 heterocycles. The Morgan fingerprint density at radius 1 is 1.25 bits per heavy atom. The fourth-order valence-corrected chi connectivity index (χ4v) is 2.88. The van der Waals surface area contributed by atoms with E-state index >= 15 is 0 Å². The van der Waals surface area contributed by atoms with Crippen molar-refractivity contribution in [3.05, 3.63) is 29.5 Å². The first-order chi connectivity index (χ1) is 9.74. The predicted molar refractivity (Wildman–Crippen MR) is 76.3 cm³/mol. The molecule has 2 aromatic heterocycles. The van der Waals surface area contributed by atoms with Gasteiger partial charge in [-0.2, -0.15) is 0 Å². The average Bonchev–Trinajstić information content (AvgIpc) is 2.80. The third-order valence-corrected chi connectivity index (χ3v) is 3.97. The summed E-state index contributed by atoms with van der Waals surface area (Å²) in [6.45, 7) is 6.10. The van der Waals surface area contributed by atoms with Crippen LogP contribution in [0.1, 0.15) is 30.0 Å². The molecule has 5 heteroatoms. The lowest BCUT2D eigenvalue weighted by Crippen LogP contribution is -2.28. The fourth-order valence-electron chi connectivity index (χ4n) is 2.88. The molecule has 106 valence electrons. The van der Waals surface area contributed by atoms with Crippen LogP contribution in [-0.4, -0.2) is 28.2 Å². The van der Waals surface area contributed by atoms with Gasteiger partial charge in [0.25, 0.3) is 0 Å². The SMILES string of the molecule is Cc1noc(C)c1-c1cc(CC2CCNCC2)ncn1. The van der Waals surface area contributed by atoms with Gasteiger partial charge in [0, 0.05) is 5.69 Å². The molecule has 1 N–H and O–H groups in total. The van der Waals surface area contributed by atoms with Crippen LogP contribution in [-0.2, 0) is 6.42 Å². The van der Waals surface area contributed by atoms with E-state index in [0.717, 1.165) is 53.8 Å². The molecule has 1 aliphatic heterocycles. The maximum Gasteiger partial charge on any atom is 0.143 e. The van der Waals surface area contributed by atoms with Crippen LogP contribution in [0.5, 0.6) is 0 Å². The first kappa shape index (κ1) is 13.2. The molecule has 1 saturated heterocycles. The zero-order chi connectivity index (χ0) is 13.9. The van der Waals surface area contributed by atoms with Gasteiger partial charge in [0.05, 0.1) is 17.0 Å². The molecule has 1 aliphatic rings. The van der Waals surface area contributed by atoms with Crippen LogP contribution in [0, 0.1) is 19.8 Å². The molecule has 3 rings (SSSR count). The Balaban J connectivity index is 1.82. The van der Waals surface area contributed by atoms with Crippen LogP contribution in [0.25, 0.3) is 11.3 Å². The van der Waals surface area contributed by atoms with E-state index in [-0.39, 0.29) is 0 Å². The summed E-state index contributed by atoms with van der Waals surface area (Å²) in [4.78, 5) is 8.79. The smallest absolute Gasteiger partial charge is 0.143 e. The van der Waals surface area contributed by atoms with Gasteiger partial charge in [0.2, 0.25) is 0 Å². The number of piperidine rings is 1. The highest BCUT2D eigenvalue weighted by Gasteiger charge is 2.17. The molecule has 5 nitrogen and oxygen atoms in total. The molecule has 0 aromatic carbocycles. The van der Waals surface area contributed by atoms with E-state index in [4.69, 9.17) is 4.52 Å². The van der Waals surface area contributed by atoms with E-state index in [0.29, 0.717) is 0 Å². The summed E-state index contributed by atoms with van der Waals surface area (Å²) >= 11 is 0. The maximum atomic E-state index is 5.22. The molecule has 0 aliphatic carbocycles. The largest absolute Gasteiger partial charge is 0.361 e. The Morgan fingerprint density at radius 3 is 2.75 bits per heavy atom.